The molecule has 7 heteroatoms. The number of hydrogen-bond acceptors (Lipinski definition) is 4. The van der Waals surface area contributed by atoms with E-state index >= 15 is 0 Å². The molecule has 1 aliphatic carbocycles. The summed E-state index contributed by atoms with van der Waals surface area (Å²) in [4.78, 5) is 8.10. The third-order valence-electron chi connectivity index (χ3n) is 6.03. The predicted molar refractivity (Wildman–Crippen MR) is 128 cm³/mol. The van der Waals surface area contributed by atoms with Gasteiger partial charge in [0.15, 0.2) is 10.2 Å². The molecule has 0 spiro atoms. The third-order valence-corrected chi connectivity index (χ3v) is 7.54. The van der Waals surface area contributed by atoms with Gasteiger partial charge in [-0.15, -0.1) is 0 Å². The molecule has 3 aromatic rings. The lowest BCUT2D eigenvalue weighted by Gasteiger charge is -2.36. The van der Waals surface area contributed by atoms with Gasteiger partial charge in [0.1, 0.15) is 11.8 Å². The fourth-order valence-corrected chi connectivity index (χ4v) is 5.88. The lowest BCUT2D eigenvalue weighted by molar-refractivity contribution is 0.174. The van der Waals surface area contributed by atoms with Gasteiger partial charge in [-0.3, -0.25) is 4.98 Å². The van der Waals surface area contributed by atoms with Gasteiger partial charge in [0.2, 0.25) is 0 Å². The molecule has 0 unspecified atom stereocenters. The molecule has 5 rings (SSSR count). The highest BCUT2D eigenvalue weighted by atomic mass is 35.5. The zero-order valence-electron chi connectivity index (χ0n) is 17.0. The summed E-state index contributed by atoms with van der Waals surface area (Å²) in [5.74, 6) is 0.921. The molecule has 160 valence electrons. The molecule has 0 bridgehead atoms. The fraction of sp³-hybridized carbons (Fsp3) is 0.333. The quantitative estimate of drug-likeness (QED) is 0.415. The number of nitrogens with zero attached hydrogens (tertiary/aromatic N) is 2. The summed E-state index contributed by atoms with van der Waals surface area (Å²) in [7, 11) is 0. The molecular weight excluding hydrogens is 446 g/mol. The molecule has 2 atom stereocenters. The first kappa shape index (κ1) is 20.9. The molecule has 0 radical (unpaired) electrons. The van der Waals surface area contributed by atoms with Crippen LogP contribution in [0.4, 0.5) is 0 Å². The number of rotatable bonds is 5. The number of nitrogens with one attached hydrogen (secondary N) is 1. The molecule has 4 nitrogen and oxygen atoms in total. The van der Waals surface area contributed by atoms with E-state index in [1.54, 1.807) is 11.8 Å². The summed E-state index contributed by atoms with van der Waals surface area (Å²) in [6, 6.07) is 18.4. The van der Waals surface area contributed by atoms with Gasteiger partial charge in [0.05, 0.1) is 11.7 Å². The van der Waals surface area contributed by atoms with Crippen molar-refractivity contribution < 1.29 is 4.42 Å². The minimum Gasteiger partial charge on any atom is -0.452 e. The van der Waals surface area contributed by atoms with E-state index in [1.807, 2.05) is 48.7 Å². The highest BCUT2D eigenvalue weighted by molar-refractivity contribution is 7.99. The molecule has 31 heavy (non-hydrogen) atoms. The second kappa shape index (κ2) is 9.23. The van der Waals surface area contributed by atoms with Crippen molar-refractivity contribution in [3.05, 3.63) is 77.3 Å². The Morgan fingerprint density at radius 1 is 1.03 bits per heavy atom. The Bertz CT molecular complexity index is 1030. The highest BCUT2D eigenvalue weighted by Crippen LogP contribution is 2.44. The maximum Gasteiger partial charge on any atom is 0.170 e. The van der Waals surface area contributed by atoms with Crippen LogP contribution in [0.15, 0.2) is 75.2 Å². The van der Waals surface area contributed by atoms with Gasteiger partial charge in [-0.25, -0.2) is 0 Å². The molecule has 0 amide bonds. The maximum atomic E-state index is 6.38. The summed E-state index contributed by atoms with van der Waals surface area (Å²) in [5, 5.41) is 5.94. The summed E-state index contributed by atoms with van der Waals surface area (Å²) < 4.78 is 6.38. The van der Waals surface area contributed by atoms with Gasteiger partial charge >= 0.3 is 0 Å². The molecule has 1 N–H and O–H groups in total. The van der Waals surface area contributed by atoms with Gasteiger partial charge in [-0.1, -0.05) is 48.7 Å². The van der Waals surface area contributed by atoms with E-state index in [1.165, 1.54) is 32.1 Å². The minimum atomic E-state index is -0.0323. The number of benzene rings is 1. The molecule has 1 aromatic carbocycles. The van der Waals surface area contributed by atoms with E-state index in [2.05, 4.69) is 27.3 Å². The van der Waals surface area contributed by atoms with Crippen LogP contribution < -0.4 is 5.32 Å². The lowest BCUT2D eigenvalue weighted by Crippen LogP contribution is -2.40. The zero-order chi connectivity index (χ0) is 21.2. The van der Waals surface area contributed by atoms with E-state index in [0.29, 0.717) is 6.04 Å². The van der Waals surface area contributed by atoms with Gasteiger partial charge in [0.25, 0.3) is 0 Å². The van der Waals surface area contributed by atoms with Crippen LogP contribution in [0.3, 0.4) is 0 Å². The van der Waals surface area contributed by atoms with Crippen molar-refractivity contribution in [2.45, 2.75) is 60.2 Å². The average molecular weight is 470 g/mol. The van der Waals surface area contributed by atoms with Crippen molar-refractivity contribution in [2.24, 2.45) is 0 Å². The van der Waals surface area contributed by atoms with Gasteiger partial charge in [0, 0.05) is 22.2 Å². The normalized spacial score (nSPS) is 22.0. The Hall–Kier alpha value is -2.02. The van der Waals surface area contributed by atoms with Crippen LogP contribution in [0.25, 0.3) is 0 Å². The average Bonchev–Trinajstić information content (AvgIpc) is 3.40. The first-order valence-electron chi connectivity index (χ1n) is 10.7. The van der Waals surface area contributed by atoms with E-state index in [0.717, 1.165) is 31.6 Å². The second-order valence-corrected chi connectivity index (χ2v) is 9.94. The number of thiocarbonyl (C=S) groups is 1. The van der Waals surface area contributed by atoms with Crippen molar-refractivity contribution in [1.82, 2.24) is 15.2 Å². The SMILES string of the molecule is S=C1N[C@H](c2ccccn2)[C@H](c2ccc(Sc3ccc(Cl)cc3)o2)N1C1CCCCC1. The summed E-state index contributed by atoms with van der Waals surface area (Å²) in [6.45, 7) is 0. The van der Waals surface area contributed by atoms with Crippen LogP contribution in [-0.2, 0) is 0 Å². The highest BCUT2D eigenvalue weighted by Gasteiger charge is 2.44. The van der Waals surface area contributed by atoms with Gasteiger partial charge in [-0.2, -0.15) is 0 Å². The molecule has 1 saturated heterocycles. The second-order valence-electron chi connectivity index (χ2n) is 8.04. The number of hydrogen-bond donors (Lipinski definition) is 1. The topological polar surface area (TPSA) is 41.3 Å². The Labute approximate surface area is 197 Å². The Morgan fingerprint density at radius 2 is 1.84 bits per heavy atom. The van der Waals surface area contributed by atoms with Crippen LogP contribution in [0, 0.1) is 0 Å². The smallest absolute Gasteiger partial charge is 0.170 e. The van der Waals surface area contributed by atoms with Crippen LogP contribution in [0.5, 0.6) is 0 Å². The molecular formula is C24H24ClN3OS2. The molecule has 2 aliphatic rings. The Balaban J connectivity index is 1.46. The maximum absolute atomic E-state index is 6.38. The van der Waals surface area contributed by atoms with Crippen molar-refractivity contribution >= 4 is 40.7 Å². The lowest BCUT2D eigenvalue weighted by atomic mass is 9.92. The summed E-state index contributed by atoms with van der Waals surface area (Å²) in [6.07, 6.45) is 7.98. The monoisotopic (exact) mass is 469 g/mol. The fourth-order valence-electron chi connectivity index (χ4n) is 4.59. The van der Waals surface area contributed by atoms with Crippen LogP contribution >= 0.6 is 35.6 Å². The molecule has 2 fully saturated rings. The van der Waals surface area contributed by atoms with E-state index in [9.17, 15) is 0 Å². The molecule has 1 saturated carbocycles. The van der Waals surface area contributed by atoms with E-state index < -0.39 is 0 Å². The first-order chi connectivity index (χ1) is 15.2. The van der Waals surface area contributed by atoms with Crippen molar-refractivity contribution in [3.8, 4) is 0 Å². The number of aromatic nitrogens is 1. The molecule has 2 aromatic heterocycles. The largest absolute Gasteiger partial charge is 0.452 e. The zero-order valence-corrected chi connectivity index (χ0v) is 19.4. The van der Waals surface area contributed by atoms with E-state index in [4.69, 9.17) is 28.2 Å². The number of halogens is 1. The van der Waals surface area contributed by atoms with Crippen molar-refractivity contribution in [2.75, 3.05) is 0 Å². The Kier molecular flexibility index (Phi) is 6.21. The predicted octanol–water partition coefficient (Wildman–Crippen LogP) is 6.78. The van der Waals surface area contributed by atoms with Crippen LogP contribution in [-0.4, -0.2) is 21.0 Å². The number of furan rings is 1. The summed E-state index contributed by atoms with van der Waals surface area (Å²) in [5.41, 5.74) is 0.983. The van der Waals surface area contributed by atoms with Crippen LogP contribution in [0.2, 0.25) is 5.02 Å². The third kappa shape index (κ3) is 4.47. The molecule has 3 heterocycles. The van der Waals surface area contributed by atoms with Crippen LogP contribution in [0.1, 0.15) is 55.6 Å². The molecule has 1 aliphatic heterocycles. The van der Waals surface area contributed by atoms with Crippen molar-refractivity contribution in [1.29, 1.82) is 0 Å². The first-order valence-corrected chi connectivity index (χ1v) is 12.3. The van der Waals surface area contributed by atoms with Gasteiger partial charge < -0.3 is 14.6 Å². The standard InChI is InChI=1S/C24H24ClN3OS2/c25-16-9-11-18(12-10-16)31-21-14-13-20(29-21)23-22(19-8-4-5-15-26-19)27-24(30)28(23)17-6-2-1-3-7-17/h4-5,8-15,17,22-23H,1-3,6-7H2,(H,27,30)/t22-,23+/m1/s1. The van der Waals surface area contributed by atoms with Crippen molar-refractivity contribution in [3.63, 3.8) is 0 Å². The number of pyridine rings is 1. The summed E-state index contributed by atoms with van der Waals surface area (Å²) >= 11 is 13.4. The Morgan fingerprint density at radius 3 is 2.58 bits per heavy atom. The minimum absolute atomic E-state index is 0.00920. The van der Waals surface area contributed by atoms with E-state index in [-0.39, 0.29) is 12.1 Å². The van der Waals surface area contributed by atoms with Gasteiger partial charge in [-0.05, 0) is 73.6 Å².